The van der Waals surface area contributed by atoms with E-state index < -0.39 is 9.84 Å². The third kappa shape index (κ3) is 5.52. The molecule has 0 rings (SSSR count). The third-order valence-electron chi connectivity index (χ3n) is 2.61. The van der Waals surface area contributed by atoms with Crippen molar-refractivity contribution in [1.29, 1.82) is 0 Å². The molecule has 1 atom stereocenters. The van der Waals surface area contributed by atoms with Gasteiger partial charge in [0, 0.05) is 6.54 Å². The second-order valence-corrected chi connectivity index (χ2v) is 7.29. The molecule has 0 saturated heterocycles. The van der Waals surface area contributed by atoms with Crippen LogP contribution in [0.5, 0.6) is 0 Å². The highest BCUT2D eigenvalue weighted by Gasteiger charge is 2.23. The molecule has 0 radical (unpaired) electrons. The van der Waals surface area contributed by atoms with Gasteiger partial charge in [0.2, 0.25) is 0 Å². The van der Waals surface area contributed by atoms with Crippen molar-refractivity contribution in [3.8, 4) is 0 Å². The van der Waals surface area contributed by atoms with E-state index in [9.17, 15) is 8.42 Å². The van der Waals surface area contributed by atoms with Crippen LogP contribution in [0.25, 0.3) is 0 Å². The Morgan fingerprint density at radius 2 is 1.73 bits per heavy atom. The maximum absolute atomic E-state index is 11.7. The summed E-state index contributed by atoms with van der Waals surface area (Å²) in [4.78, 5) is 0. The molecule has 92 valence electrons. The molecule has 0 aliphatic carbocycles. The van der Waals surface area contributed by atoms with Crippen molar-refractivity contribution in [3.05, 3.63) is 0 Å². The molecule has 0 bridgehead atoms. The van der Waals surface area contributed by atoms with Crippen LogP contribution in [0, 0.1) is 0 Å². The Morgan fingerprint density at radius 1 is 1.13 bits per heavy atom. The van der Waals surface area contributed by atoms with Gasteiger partial charge in [0.25, 0.3) is 0 Å². The van der Waals surface area contributed by atoms with Gasteiger partial charge in [-0.25, -0.2) is 8.42 Å². The highest BCUT2D eigenvalue weighted by Crippen LogP contribution is 2.07. The molecule has 4 heteroatoms. The van der Waals surface area contributed by atoms with Crippen LogP contribution >= 0.6 is 0 Å². The summed E-state index contributed by atoms with van der Waals surface area (Å²) in [7, 11) is -2.93. The summed E-state index contributed by atoms with van der Waals surface area (Å²) in [5, 5.41) is 2.65. The fourth-order valence-electron chi connectivity index (χ4n) is 1.39. The lowest BCUT2D eigenvalue weighted by molar-refractivity contribution is 0.557. The van der Waals surface area contributed by atoms with E-state index >= 15 is 0 Å². The number of hydrogen-bond acceptors (Lipinski definition) is 3. The molecule has 0 aromatic heterocycles. The zero-order valence-electron chi connectivity index (χ0n) is 10.4. The van der Waals surface area contributed by atoms with Gasteiger partial charge in [-0.1, -0.05) is 19.8 Å². The highest BCUT2D eigenvalue weighted by atomic mass is 32.2. The van der Waals surface area contributed by atoms with Gasteiger partial charge in [0.05, 0.1) is 10.5 Å². The zero-order valence-corrected chi connectivity index (χ0v) is 11.2. The number of hydrogen-bond donors (Lipinski definition) is 1. The minimum atomic E-state index is -2.93. The molecule has 0 aromatic rings. The normalized spacial score (nSPS) is 14.5. The molecule has 0 heterocycles. The average molecular weight is 235 g/mol. The Kier molecular flexibility index (Phi) is 7.18. The lowest BCUT2D eigenvalue weighted by Gasteiger charge is -2.16. The third-order valence-corrected chi connectivity index (χ3v) is 5.21. The van der Waals surface area contributed by atoms with E-state index in [1.807, 2.05) is 0 Å². The lowest BCUT2D eigenvalue weighted by atomic mass is 10.2. The number of nitrogens with one attached hydrogen (secondary N) is 1. The van der Waals surface area contributed by atoms with Crippen LogP contribution < -0.4 is 5.32 Å². The highest BCUT2D eigenvalue weighted by molar-refractivity contribution is 7.92. The maximum atomic E-state index is 11.7. The molecule has 0 spiro atoms. The van der Waals surface area contributed by atoms with Gasteiger partial charge >= 0.3 is 0 Å². The minimum absolute atomic E-state index is 0.273. The second kappa shape index (κ2) is 7.23. The first-order valence-electron chi connectivity index (χ1n) is 5.86. The molecule has 1 unspecified atom stereocenters. The van der Waals surface area contributed by atoms with E-state index in [2.05, 4.69) is 12.2 Å². The topological polar surface area (TPSA) is 46.2 Å². The van der Waals surface area contributed by atoms with Gasteiger partial charge in [-0.15, -0.1) is 0 Å². The van der Waals surface area contributed by atoms with Gasteiger partial charge in [-0.2, -0.15) is 0 Å². The fraction of sp³-hybridized carbons (Fsp3) is 1.00. The molecule has 0 amide bonds. The predicted octanol–water partition coefficient (Wildman–Crippen LogP) is 1.98. The Balaban J connectivity index is 3.79. The summed E-state index contributed by atoms with van der Waals surface area (Å²) < 4.78 is 23.4. The Bertz CT molecular complexity index is 247. The van der Waals surface area contributed by atoms with Crippen LogP contribution in [0.15, 0.2) is 0 Å². The summed E-state index contributed by atoms with van der Waals surface area (Å²) in [5.74, 6) is 0. The molecule has 1 N–H and O–H groups in total. The van der Waals surface area contributed by atoms with E-state index in [4.69, 9.17) is 0 Å². The van der Waals surface area contributed by atoms with Gasteiger partial charge < -0.3 is 5.32 Å². The number of rotatable bonds is 8. The molecule has 0 saturated carbocycles. The van der Waals surface area contributed by atoms with Crippen LogP contribution in [0.3, 0.4) is 0 Å². The lowest BCUT2D eigenvalue weighted by Crippen LogP contribution is -2.35. The summed E-state index contributed by atoms with van der Waals surface area (Å²) in [6.45, 7) is 8.91. The van der Waals surface area contributed by atoms with E-state index in [0.29, 0.717) is 6.54 Å². The second-order valence-electron chi connectivity index (χ2n) is 4.36. The van der Waals surface area contributed by atoms with E-state index in [-0.39, 0.29) is 10.5 Å². The van der Waals surface area contributed by atoms with Gasteiger partial charge in [0.15, 0.2) is 9.84 Å². The first-order chi connectivity index (χ1) is 6.92. The van der Waals surface area contributed by atoms with E-state index in [0.717, 1.165) is 13.0 Å². The van der Waals surface area contributed by atoms with Crippen molar-refractivity contribution >= 4 is 9.84 Å². The molecular formula is C11H25NO2S. The van der Waals surface area contributed by atoms with Crippen molar-refractivity contribution in [2.75, 3.05) is 13.1 Å². The quantitative estimate of drug-likeness (QED) is 0.654. The van der Waals surface area contributed by atoms with E-state index in [1.165, 1.54) is 12.8 Å². The molecule has 0 fully saturated rings. The zero-order chi connectivity index (χ0) is 11.9. The Labute approximate surface area is 94.6 Å². The smallest absolute Gasteiger partial charge is 0.156 e. The van der Waals surface area contributed by atoms with Crippen LogP contribution in [-0.4, -0.2) is 32.0 Å². The molecule has 0 aliphatic rings. The molecule has 3 nitrogen and oxygen atoms in total. The minimum Gasteiger partial charge on any atom is -0.315 e. The van der Waals surface area contributed by atoms with Gasteiger partial charge in [0.1, 0.15) is 0 Å². The molecular weight excluding hydrogens is 210 g/mol. The monoisotopic (exact) mass is 235 g/mol. The first kappa shape index (κ1) is 14.9. The van der Waals surface area contributed by atoms with Crippen LogP contribution in [0.4, 0.5) is 0 Å². The molecule has 0 aliphatic heterocycles. The standard InChI is InChI=1S/C11H25NO2S/c1-5-6-7-8-12-9-11(4)15(13,14)10(2)3/h10-12H,5-9H2,1-4H3. The van der Waals surface area contributed by atoms with Crippen molar-refractivity contribution in [1.82, 2.24) is 5.32 Å². The number of sulfone groups is 1. The molecule has 0 aromatic carbocycles. The summed E-state index contributed by atoms with van der Waals surface area (Å²) in [5.41, 5.74) is 0. The summed E-state index contributed by atoms with van der Waals surface area (Å²) >= 11 is 0. The fourth-order valence-corrected chi connectivity index (χ4v) is 2.67. The van der Waals surface area contributed by atoms with Crippen molar-refractivity contribution in [2.45, 2.75) is 57.5 Å². The summed E-state index contributed by atoms with van der Waals surface area (Å²) in [6, 6.07) is 0. The number of unbranched alkanes of at least 4 members (excludes halogenated alkanes) is 2. The SMILES string of the molecule is CCCCCNCC(C)S(=O)(=O)C(C)C. The maximum Gasteiger partial charge on any atom is 0.156 e. The average Bonchev–Trinajstić information content (AvgIpc) is 2.16. The van der Waals surface area contributed by atoms with Crippen molar-refractivity contribution in [2.24, 2.45) is 0 Å². The van der Waals surface area contributed by atoms with Gasteiger partial charge in [-0.05, 0) is 33.7 Å². The van der Waals surface area contributed by atoms with Crippen LogP contribution in [0.1, 0.15) is 47.0 Å². The van der Waals surface area contributed by atoms with Gasteiger partial charge in [-0.3, -0.25) is 0 Å². The Hall–Kier alpha value is -0.0900. The largest absolute Gasteiger partial charge is 0.315 e. The van der Waals surface area contributed by atoms with Crippen LogP contribution in [-0.2, 0) is 9.84 Å². The predicted molar refractivity (Wildman–Crippen MR) is 65.9 cm³/mol. The molecule has 15 heavy (non-hydrogen) atoms. The summed E-state index contributed by atoms with van der Waals surface area (Å²) in [6.07, 6.45) is 3.53. The van der Waals surface area contributed by atoms with Crippen LogP contribution in [0.2, 0.25) is 0 Å². The van der Waals surface area contributed by atoms with E-state index in [1.54, 1.807) is 20.8 Å². The Morgan fingerprint density at radius 3 is 2.20 bits per heavy atom. The van der Waals surface area contributed by atoms with Crippen molar-refractivity contribution < 1.29 is 8.42 Å². The van der Waals surface area contributed by atoms with Crippen molar-refractivity contribution in [3.63, 3.8) is 0 Å². The first-order valence-corrected chi connectivity index (χ1v) is 7.47.